The van der Waals surface area contributed by atoms with Crippen LogP contribution in [0.4, 0.5) is 0 Å². The summed E-state index contributed by atoms with van der Waals surface area (Å²) in [4.78, 5) is 12.9. The highest BCUT2D eigenvalue weighted by molar-refractivity contribution is 5.82. The van der Waals surface area contributed by atoms with Crippen molar-refractivity contribution in [2.24, 2.45) is 23.7 Å². The van der Waals surface area contributed by atoms with Crippen molar-refractivity contribution in [1.29, 1.82) is 0 Å². The Balaban J connectivity index is 1.17. The Morgan fingerprint density at radius 2 is 1.59 bits per heavy atom. The molecule has 5 aliphatic rings. The molecule has 4 heteroatoms. The third kappa shape index (κ3) is 3.49. The first-order valence-electron chi connectivity index (χ1n) is 10.8. The SMILES string of the molecule is Cc1cc(C)cc(O[C@@H]2CN[C@H](C(=O)NC3C4CC5CC(C4)CC3C5)C2)c1. The third-order valence-electron chi connectivity index (χ3n) is 7.44. The van der Waals surface area contributed by atoms with Crippen LogP contribution in [0, 0.1) is 37.5 Å². The molecule has 1 heterocycles. The number of amides is 1. The molecule has 4 nitrogen and oxygen atoms in total. The highest BCUT2D eigenvalue weighted by Gasteiger charge is 2.49. The van der Waals surface area contributed by atoms with Crippen LogP contribution in [0.2, 0.25) is 0 Å². The average Bonchev–Trinajstić information content (AvgIpc) is 3.05. The van der Waals surface area contributed by atoms with Crippen molar-refractivity contribution in [3.63, 3.8) is 0 Å². The lowest BCUT2D eigenvalue weighted by molar-refractivity contribution is -0.126. The Morgan fingerprint density at radius 1 is 0.963 bits per heavy atom. The predicted molar refractivity (Wildman–Crippen MR) is 106 cm³/mol. The van der Waals surface area contributed by atoms with Gasteiger partial charge in [0.05, 0.1) is 6.04 Å². The van der Waals surface area contributed by atoms with Crippen LogP contribution in [0.25, 0.3) is 0 Å². The largest absolute Gasteiger partial charge is 0.489 e. The van der Waals surface area contributed by atoms with E-state index in [9.17, 15) is 4.79 Å². The van der Waals surface area contributed by atoms with Gasteiger partial charge in [-0.25, -0.2) is 0 Å². The molecule has 5 fully saturated rings. The molecular formula is C23H32N2O2. The molecule has 1 aromatic rings. The summed E-state index contributed by atoms with van der Waals surface area (Å²) in [7, 11) is 0. The maximum Gasteiger partial charge on any atom is 0.237 e. The van der Waals surface area contributed by atoms with E-state index in [-0.39, 0.29) is 18.1 Å². The molecule has 4 saturated carbocycles. The van der Waals surface area contributed by atoms with E-state index in [1.165, 1.54) is 43.2 Å². The van der Waals surface area contributed by atoms with Gasteiger partial charge in [0.15, 0.2) is 0 Å². The third-order valence-corrected chi connectivity index (χ3v) is 7.44. The van der Waals surface area contributed by atoms with Gasteiger partial charge in [0.1, 0.15) is 11.9 Å². The van der Waals surface area contributed by atoms with E-state index in [2.05, 4.69) is 42.7 Å². The van der Waals surface area contributed by atoms with Crippen LogP contribution in [-0.2, 0) is 4.79 Å². The molecule has 4 aliphatic carbocycles. The molecule has 2 N–H and O–H groups in total. The molecule has 146 valence electrons. The summed E-state index contributed by atoms with van der Waals surface area (Å²) in [5.74, 6) is 4.46. The molecule has 4 bridgehead atoms. The Labute approximate surface area is 162 Å². The fraction of sp³-hybridized carbons (Fsp3) is 0.696. The predicted octanol–water partition coefficient (Wildman–Crippen LogP) is 3.35. The van der Waals surface area contributed by atoms with Crippen LogP contribution in [0.5, 0.6) is 5.75 Å². The lowest BCUT2D eigenvalue weighted by atomic mass is 9.54. The number of aryl methyl sites for hydroxylation is 2. The summed E-state index contributed by atoms with van der Waals surface area (Å²) in [6.07, 6.45) is 7.65. The van der Waals surface area contributed by atoms with Crippen molar-refractivity contribution in [2.45, 2.75) is 70.6 Å². The zero-order valence-electron chi connectivity index (χ0n) is 16.5. The summed E-state index contributed by atoms with van der Waals surface area (Å²) >= 11 is 0. The van der Waals surface area contributed by atoms with E-state index in [1.54, 1.807) is 0 Å². The zero-order chi connectivity index (χ0) is 18.5. The van der Waals surface area contributed by atoms with E-state index in [1.807, 2.05) is 0 Å². The Morgan fingerprint density at radius 3 is 2.22 bits per heavy atom. The second kappa shape index (κ2) is 6.80. The number of carbonyl (C=O) groups is 1. The van der Waals surface area contributed by atoms with E-state index < -0.39 is 0 Å². The molecule has 2 atom stereocenters. The fourth-order valence-electron chi connectivity index (χ4n) is 6.61. The van der Waals surface area contributed by atoms with Gasteiger partial charge in [-0.2, -0.15) is 0 Å². The molecule has 0 unspecified atom stereocenters. The fourth-order valence-corrected chi connectivity index (χ4v) is 6.61. The van der Waals surface area contributed by atoms with E-state index in [4.69, 9.17) is 4.74 Å². The first-order valence-corrected chi connectivity index (χ1v) is 10.8. The van der Waals surface area contributed by atoms with Gasteiger partial charge < -0.3 is 15.4 Å². The van der Waals surface area contributed by atoms with Crippen molar-refractivity contribution < 1.29 is 9.53 Å². The van der Waals surface area contributed by atoms with Gasteiger partial charge in [-0.3, -0.25) is 4.79 Å². The number of hydrogen-bond acceptors (Lipinski definition) is 3. The molecule has 27 heavy (non-hydrogen) atoms. The molecule has 1 amide bonds. The highest BCUT2D eigenvalue weighted by Crippen LogP contribution is 2.53. The summed E-state index contributed by atoms with van der Waals surface area (Å²) in [6, 6.07) is 6.62. The maximum atomic E-state index is 12.9. The van der Waals surface area contributed by atoms with E-state index in [0.29, 0.717) is 6.04 Å². The summed E-state index contributed by atoms with van der Waals surface area (Å²) in [5, 5.41) is 6.84. The van der Waals surface area contributed by atoms with Crippen LogP contribution in [-0.4, -0.2) is 30.6 Å². The number of ether oxygens (including phenoxy) is 1. The minimum atomic E-state index is -0.113. The van der Waals surface area contributed by atoms with Gasteiger partial charge in [-0.1, -0.05) is 6.07 Å². The summed E-state index contributed by atoms with van der Waals surface area (Å²) in [6.45, 7) is 4.93. The van der Waals surface area contributed by atoms with Gasteiger partial charge in [0.25, 0.3) is 0 Å². The quantitative estimate of drug-likeness (QED) is 0.857. The molecule has 6 rings (SSSR count). The molecule has 0 spiro atoms. The molecule has 1 saturated heterocycles. The second-order valence-electron chi connectivity index (χ2n) is 9.72. The number of rotatable bonds is 4. The van der Waals surface area contributed by atoms with Gasteiger partial charge in [0.2, 0.25) is 5.91 Å². The number of nitrogens with one attached hydrogen (secondary N) is 2. The molecule has 0 radical (unpaired) electrons. The van der Waals surface area contributed by atoms with Gasteiger partial charge in [0, 0.05) is 19.0 Å². The maximum absolute atomic E-state index is 12.9. The smallest absolute Gasteiger partial charge is 0.237 e. The monoisotopic (exact) mass is 368 g/mol. The minimum absolute atomic E-state index is 0.0699. The molecule has 0 aromatic heterocycles. The minimum Gasteiger partial charge on any atom is -0.489 e. The topological polar surface area (TPSA) is 50.4 Å². The highest BCUT2D eigenvalue weighted by atomic mass is 16.5. The van der Waals surface area contributed by atoms with Crippen LogP contribution in [0.1, 0.15) is 49.7 Å². The zero-order valence-corrected chi connectivity index (χ0v) is 16.5. The molecule has 1 aromatic carbocycles. The van der Waals surface area contributed by atoms with Crippen LogP contribution in [0.15, 0.2) is 18.2 Å². The van der Waals surface area contributed by atoms with Crippen molar-refractivity contribution >= 4 is 5.91 Å². The standard InChI is InChI=1S/C23H32N2O2/c1-13-3-14(2)5-19(4-13)27-20-11-21(24-12-20)23(26)25-22-17-7-15-6-16(9-17)10-18(22)8-15/h3-5,15-18,20-22,24H,6-12H2,1-2H3,(H,25,26)/t15?,16?,17?,18?,20-,21-,22?/m0/s1. The second-order valence-corrected chi connectivity index (χ2v) is 9.72. The molecular weight excluding hydrogens is 336 g/mol. The van der Waals surface area contributed by atoms with E-state index in [0.717, 1.165) is 42.4 Å². The summed E-state index contributed by atoms with van der Waals surface area (Å²) in [5.41, 5.74) is 2.43. The van der Waals surface area contributed by atoms with Crippen molar-refractivity contribution in [1.82, 2.24) is 10.6 Å². The molecule has 1 aliphatic heterocycles. The first kappa shape index (κ1) is 17.5. The average molecular weight is 369 g/mol. The first-order chi connectivity index (χ1) is 13.0. The van der Waals surface area contributed by atoms with E-state index >= 15 is 0 Å². The number of benzene rings is 1. The van der Waals surface area contributed by atoms with Crippen LogP contribution in [0.3, 0.4) is 0 Å². The summed E-state index contributed by atoms with van der Waals surface area (Å²) < 4.78 is 6.16. The lowest BCUT2D eigenvalue weighted by Crippen LogP contribution is -2.58. The van der Waals surface area contributed by atoms with Crippen LogP contribution < -0.4 is 15.4 Å². The lowest BCUT2D eigenvalue weighted by Gasteiger charge is -2.54. The van der Waals surface area contributed by atoms with Crippen molar-refractivity contribution in [2.75, 3.05) is 6.54 Å². The Hall–Kier alpha value is -1.55. The van der Waals surface area contributed by atoms with Gasteiger partial charge in [-0.05, 0) is 92.9 Å². The van der Waals surface area contributed by atoms with Gasteiger partial charge in [-0.15, -0.1) is 0 Å². The Kier molecular flexibility index (Phi) is 4.42. The van der Waals surface area contributed by atoms with Crippen molar-refractivity contribution in [3.8, 4) is 5.75 Å². The normalized spacial score (nSPS) is 39.6. The number of hydrogen-bond donors (Lipinski definition) is 2. The van der Waals surface area contributed by atoms with Gasteiger partial charge >= 0.3 is 0 Å². The van der Waals surface area contributed by atoms with Crippen molar-refractivity contribution in [3.05, 3.63) is 29.3 Å². The Bertz CT molecular complexity index is 683. The van der Waals surface area contributed by atoms with Crippen LogP contribution >= 0.6 is 0 Å². The number of carbonyl (C=O) groups excluding carboxylic acids is 1.